The van der Waals surface area contributed by atoms with Crippen LogP contribution in [0.5, 0.6) is 0 Å². The van der Waals surface area contributed by atoms with Crippen molar-refractivity contribution in [1.29, 1.82) is 0 Å². The summed E-state index contributed by atoms with van der Waals surface area (Å²) in [7, 11) is 0. The maximum absolute atomic E-state index is 12.0. The van der Waals surface area contributed by atoms with Crippen LogP contribution in [0.15, 0.2) is 12.1 Å². The highest BCUT2D eigenvalue weighted by Crippen LogP contribution is 2.33. The standard InChI is InChI=1S/C12H11ClN2O4/c1-2-3-4-14-11(16)7-5-9(13)10(15(18)19)6-8(7)12(14)17/h5-6H,2-4H2,1H3. The number of benzene rings is 1. The summed E-state index contributed by atoms with van der Waals surface area (Å²) in [4.78, 5) is 35.3. The number of halogens is 1. The summed E-state index contributed by atoms with van der Waals surface area (Å²) in [6.45, 7) is 2.26. The van der Waals surface area contributed by atoms with E-state index in [4.69, 9.17) is 11.6 Å². The van der Waals surface area contributed by atoms with Gasteiger partial charge in [0.1, 0.15) is 5.02 Å². The SMILES string of the molecule is CCCCN1C(=O)c2cc(Cl)c([N+](=O)[O-])cc2C1=O. The first kappa shape index (κ1) is 13.5. The Morgan fingerprint density at radius 2 is 1.84 bits per heavy atom. The fourth-order valence-electron chi connectivity index (χ4n) is 1.96. The maximum Gasteiger partial charge on any atom is 0.288 e. The Hall–Kier alpha value is -1.95. The zero-order valence-corrected chi connectivity index (χ0v) is 10.9. The van der Waals surface area contributed by atoms with Crippen molar-refractivity contribution in [3.05, 3.63) is 38.4 Å². The molecular weight excluding hydrogens is 272 g/mol. The van der Waals surface area contributed by atoms with Crippen LogP contribution in [0.4, 0.5) is 5.69 Å². The summed E-state index contributed by atoms with van der Waals surface area (Å²) in [6, 6.07) is 2.27. The summed E-state index contributed by atoms with van der Waals surface area (Å²) >= 11 is 5.74. The molecule has 0 saturated carbocycles. The molecule has 100 valence electrons. The van der Waals surface area contributed by atoms with Crippen molar-refractivity contribution >= 4 is 29.1 Å². The molecule has 1 aliphatic rings. The number of hydrogen-bond donors (Lipinski definition) is 0. The highest BCUT2D eigenvalue weighted by atomic mass is 35.5. The highest BCUT2D eigenvalue weighted by Gasteiger charge is 2.37. The highest BCUT2D eigenvalue weighted by molar-refractivity contribution is 6.34. The van der Waals surface area contributed by atoms with Crippen molar-refractivity contribution in [2.45, 2.75) is 19.8 Å². The molecule has 0 spiro atoms. The number of fused-ring (bicyclic) bond motifs is 1. The largest absolute Gasteiger partial charge is 0.288 e. The molecule has 0 atom stereocenters. The quantitative estimate of drug-likeness (QED) is 0.483. The molecule has 6 nitrogen and oxygen atoms in total. The minimum atomic E-state index is -0.672. The number of carbonyl (C=O) groups excluding carboxylic acids is 2. The van der Waals surface area contributed by atoms with Crippen LogP contribution in [-0.2, 0) is 0 Å². The lowest BCUT2D eigenvalue weighted by atomic mass is 10.1. The molecule has 2 rings (SSSR count). The van der Waals surface area contributed by atoms with Gasteiger partial charge in [-0.1, -0.05) is 24.9 Å². The minimum absolute atomic E-state index is 0.0530. The fourth-order valence-corrected chi connectivity index (χ4v) is 2.19. The third-order valence-corrected chi connectivity index (χ3v) is 3.27. The van der Waals surface area contributed by atoms with Gasteiger partial charge in [-0.25, -0.2) is 0 Å². The number of imide groups is 1. The van der Waals surface area contributed by atoms with E-state index >= 15 is 0 Å². The number of nitro benzene ring substituents is 1. The lowest BCUT2D eigenvalue weighted by Crippen LogP contribution is -2.30. The fraction of sp³-hybridized carbons (Fsp3) is 0.333. The number of nitrogens with zero attached hydrogens (tertiary/aromatic N) is 2. The molecule has 0 bridgehead atoms. The van der Waals surface area contributed by atoms with Gasteiger partial charge in [-0.15, -0.1) is 0 Å². The topological polar surface area (TPSA) is 80.5 Å². The molecular formula is C12H11ClN2O4. The van der Waals surface area contributed by atoms with Crippen molar-refractivity contribution < 1.29 is 14.5 Å². The minimum Gasteiger partial charge on any atom is -0.274 e. The lowest BCUT2D eigenvalue weighted by Gasteiger charge is -2.12. The molecule has 1 heterocycles. The number of amides is 2. The number of rotatable bonds is 4. The van der Waals surface area contributed by atoms with Crippen LogP contribution in [-0.4, -0.2) is 28.2 Å². The van der Waals surface area contributed by atoms with Crippen LogP contribution in [0.25, 0.3) is 0 Å². The number of nitro groups is 1. The Labute approximate surface area is 114 Å². The van der Waals surface area contributed by atoms with Gasteiger partial charge in [0.15, 0.2) is 0 Å². The van der Waals surface area contributed by atoms with Crippen LogP contribution in [0.3, 0.4) is 0 Å². The van der Waals surface area contributed by atoms with Crippen LogP contribution < -0.4 is 0 Å². The summed E-state index contributed by atoms with van der Waals surface area (Å²) in [6.07, 6.45) is 1.54. The average molecular weight is 283 g/mol. The zero-order valence-electron chi connectivity index (χ0n) is 10.2. The first-order chi connectivity index (χ1) is 8.97. The molecule has 0 saturated heterocycles. The summed E-state index contributed by atoms with van der Waals surface area (Å²) in [5.74, 6) is -0.932. The Bertz CT molecular complexity index is 585. The molecule has 1 aliphatic heterocycles. The van der Waals surface area contributed by atoms with E-state index in [0.29, 0.717) is 13.0 Å². The number of unbranched alkanes of at least 4 members (excludes halogenated alkanes) is 1. The second-order valence-corrected chi connectivity index (χ2v) is 4.63. The van der Waals surface area contributed by atoms with E-state index in [1.165, 1.54) is 6.07 Å². The molecule has 0 radical (unpaired) electrons. The number of hydrogen-bond acceptors (Lipinski definition) is 4. The lowest BCUT2D eigenvalue weighted by molar-refractivity contribution is -0.384. The molecule has 0 N–H and O–H groups in total. The van der Waals surface area contributed by atoms with Gasteiger partial charge in [0.25, 0.3) is 17.5 Å². The molecule has 19 heavy (non-hydrogen) atoms. The second-order valence-electron chi connectivity index (χ2n) is 4.22. The first-order valence-electron chi connectivity index (χ1n) is 5.81. The predicted octanol–water partition coefficient (Wildman–Crippen LogP) is 2.64. The van der Waals surface area contributed by atoms with Gasteiger partial charge < -0.3 is 0 Å². The van der Waals surface area contributed by atoms with Gasteiger partial charge in [0.2, 0.25) is 0 Å². The van der Waals surface area contributed by atoms with E-state index in [0.717, 1.165) is 17.4 Å². The van der Waals surface area contributed by atoms with Crippen LogP contribution >= 0.6 is 11.6 Å². The van der Waals surface area contributed by atoms with Gasteiger partial charge in [0, 0.05) is 12.6 Å². The van der Waals surface area contributed by atoms with Crippen molar-refractivity contribution in [3.63, 3.8) is 0 Å². The Balaban J connectivity index is 2.45. The van der Waals surface area contributed by atoms with Gasteiger partial charge in [-0.05, 0) is 12.5 Å². The Morgan fingerprint density at radius 3 is 2.37 bits per heavy atom. The molecule has 7 heteroatoms. The molecule has 0 unspecified atom stereocenters. The smallest absolute Gasteiger partial charge is 0.274 e. The molecule has 1 aromatic rings. The number of carbonyl (C=O) groups is 2. The van der Waals surface area contributed by atoms with E-state index in [2.05, 4.69) is 0 Å². The molecule has 0 fully saturated rings. The molecule has 1 aromatic carbocycles. The van der Waals surface area contributed by atoms with Crippen molar-refractivity contribution in [1.82, 2.24) is 4.90 Å². The van der Waals surface area contributed by atoms with Crippen molar-refractivity contribution in [3.8, 4) is 0 Å². The van der Waals surface area contributed by atoms with E-state index < -0.39 is 16.7 Å². The van der Waals surface area contributed by atoms with Crippen molar-refractivity contribution in [2.75, 3.05) is 6.54 Å². The molecule has 0 aromatic heterocycles. The van der Waals surface area contributed by atoms with E-state index in [9.17, 15) is 19.7 Å². The van der Waals surface area contributed by atoms with Gasteiger partial charge in [-0.3, -0.25) is 24.6 Å². The van der Waals surface area contributed by atoms with Crippen molar-refractivity contribution in [2.24, 2.45) is 0 Å². The van der Waals surface area contributed by atoms with E-state index in [1.807, 2.05) is 6.92 Å². The van der Waals surface area contributed by atoms with Gasteiger partial charge in [-0.2, -0.15) is 0 Å². The van der Waals surface area contributed by atoms with Gasteiger partial charge >= 0.3 is 0 Å². The normalized spacial score (nSPS) is 13.9. The Kier molecular flexibility index (Phi) is 3.53. The first-order valence-corrected chi connectivity index (χ1v) is 6.19. The summed E-state index contributed by atoms with van der Waals surface area (Å²) in [5.41, 5.74) is -0.173. The van der Waals surface area contributed by atoms with Crippen LogP contribution in [0.2, 0.25) is 5.02 Å². The second kappa shape index (κ2) is 4.97. The molecule has 2 amide bonds. The monoisotopic (exact) mass is 282 g/mol. The van der Waals surface area contributed by atoms with E-state index in [-0.39, 0.29) is 21.8 Å². The third-order valence-electron chi connectivity index (χ3n) is 2.97. The molecule has 0 aliphatic carbocycles. The average Bonchev–Trinajstić information content (AvgIpc) is 2.58. The van der Waals surface area contributed by atoms with Gasteiger partial charge in [0.05, 0.1) is 16.1 Å². The predicted molar refractivity (Wildman–Crippen MR) is 68.4 cm³/mol. The Morgan fingerprint density at radius 1 is 1.26 bits per heavy atom. The maximum atomic E-state index is 12.0. The van der Waals surface area contributed by atoms with Crippen LogP contribution in [0, 0.1) is 10.1 Å². The summed E-state index contributed by atoms with van der Waals surface area (Å²) < 4.78 is 0. The zero-order chi connectivity index (χ0) is 14.2. The van der Waals surface area contributed by atoms with E-state index in [1.54, 1.807) is 0 Å². The third kappa shape index (κ3) is 2.19. The van der Waals surface area contributed by atoms with Crippen LogP contribution in [0.1, 0.15) is 40.5 Å². The summed E-state index contributed by atoms with van der Waals surface area (Å²) in [5, 5.41) is 10.6.